The molecule has 2 N–H and O–H groups in total. The van der Waals surface area contributed by atoms with Gasteiger partial charge in [-0.1, -0.05) is 19.8 Å². The molecule has 0 aromatic heterocycles. The summed E-state index contributed by atoms with van der Waals surface area (Å²) in [7, 11) is 2.24. The summed E-state index contributed by atoms with van der Waals surface area (Å²) in [5.41, 5.74) is 6.27. The lowest BCUT2D eigenvalue weighted by molar-refractivity contribution is 0.111. The van der Waals surface area contributed by atoms with E-state index < -0.39 is 0 Å². The van der Waals surface area contributed by atoms with Crippen LogP contribution in [0.2, 0.25) is 0 Å². The molecule has 88 valence electrons. The molecule has 15 heavy (non-hydrogen) atoms. The summed E-state index contributed by atoms with van der Waals surface area (Å²) in [6.45, 7) is 4.90. The molecule has 0 bridgehead atoms. The third kappa shape index (κ3) is 2.35. The number of nitrogens with zero attached hydrogens (tertiary/aromatic N) is 1. The van der Waals surface area contributed by atoms with E-state index in [9.17, 15) is 0 Å². The zero-order chi connectivity index (χ0) is 10.9. The molecule has 1 aliphatic heterocycles. The van der Waals surface area contributed by atoms with Crippen LogP contribution in [-0.4, -0.2) is 43.8 Å². The molecule has 0 aromatic rings. The maximum absolute atomic E-state index is 6.11. The summed E-state index contributed by atoms with van der Waals surface area (Å²) in [4.78, 5) is 2.50. The predicted octanol–water partition coefficient (Wildman–Crippen LogP) is 1.22. The van der Waals surface area contributed by atoms with E-state index in [1.807, 2.05) is 0 Å². The van der Waals surface area contributed by atoms with E-state index in [0.29, 0.717) is 0 Å². The Balaban J connectivity index is 1.89. The van der Waals surface area contributed by atoms with E-state index in [1.54, 1.807) is 0 Å². The molecular weight excluding hydrogens is 188 g/mol. The van der Waals surface area contributed by atoms with Gasteiger partial charge in [-0.25, -0.2) is 0 Å². The minimum absolute atomic E-state index is 0.164. The number of nitrogens with two attached hydrogens (primary N) is 1. The van der Waals surface area contributed by atoms with Crippen molar-refractivity contribution in [3.05, 3.63) is 0 Å². The third-order valence-electron chi connectivity index (χ3n) is 4.18. The molecular formula is C12H24N2O. The van der Waals surface area contributed by atoms with Gasteiger partial charge in [0.25, 0.3) is 0 Å². The highest BCUT2D eigenvalue weighted by Gasteiger charge is 2.39. The van der Waals surface area contributed by atoms with Crippen LogP contribution in [0.5, 0.6) is 0 Å². The molecule has 1 saturated heterocycles. The quantitative estimate of drug-likeness (QED) is 0.764. The number of rotatable bonds is 3. The Labute approximate surface area is 93.0 Å². The van der Waals surface area contributed by atoms with Gasteiger partial charge in [0.1, 0.15) is 0 Å². The summed E-state index contributed by atoms with van der Waals surface area (Å²) in [6, 6.07) is 0.996. The topological polar surface area (TPSA) is 38.5 Å². The van der Waals surface area contributed by atoms with Crippen LogP contribution in [0, 0.1) is 5.41 Å². The second-order valence-electron chi connectivity index (χ2n) is 5.63. The fourth-order valence-electron chi connectivity index (χ4n) is 2.93. The highest BCUT2D eigenvalue weighted by molar-refractivity contribution is 4.93. The van der Waals surface area contributed by atoms with Crippen LogP contribution in [0.4, 0.5) is 0 Å². The van der Waals surface area contributed by atoms with E-state index in [1.165, 1.54) is 25.7 Å². The molecule has 0 spiro atoms. The first-order valence-corrected chi connectivity index (χ1v) is 6.15. The Morgan fingerprint density at radius 2 is 2.07 bits per heavy atom. The molecule has 2 fully saturated rings. The maximum Gasteiger partial charge on any atom is 0.0624 e. The SMILES string of the molecule is CN(CC1(C)COCC1N)C1CCCC1. The molecule has 2 atom stereocenters. The number of hydrogen-bond donors (Lipinski definition) is 1. The van der Waals surface area contributed by atoms with E-state index in [4.69, 9.17) is 10.5 Å². The summed E-state index contributed by atoms with van der Waals surface area (Å²) in [5, 5.41) is 0. The molecule has 3 heteroatoms. The monoisotopic (exact) mass is 212 g/mol. The molecule has 0 radical (unpaired) electrons. The standard InChI is InChI=1S/C12H24N2O/c1-12(9-15-7-11(12)13)8-14(2)10-5-3-4-6-10/h10-11H,3-9,13H2,1-2H3. The van der Waals surface area contributed by atoms with Crippen molar-refractivity contribution >= 4 is 0 Å². The van der Waals surface area contributed by atoms with Gasteiger partial charge in [-0.3, -0.25) is 0 Å². The fraction of sp³-hybridized carbons (Fsp3) is 1.00. The van der Waals surface area contributed by atoms with Crippen LogP contribution in [0.3, 0.4) is 0 Å². The van der Waals surface area contributed by atoms with E-state index >= 15 is 0 Å². The van der Waals surface area contributed by atoms with Crippen molar-refractivity contribution < 1.29 is 4.74 Å². The second-order valence-corrected chi connectivity index (χ2v) is 5.63. The van der Waals surface area contributed by atoms with Crippen LogP contribution in [0.25, 0.3) is 0 Å². The largest absolute Gasteiger partial charge is 0.379 e. The molecule has 1 heterocycles. The number of hydrogen-bond acceptors (Lipinski definition) is 3. The Morgan fingerprint density at radius 3 is 2.60 bits per heavy atom. The third-order valence-corrected chi connectivity index (χ3v) is 4.18. The van der Waals surface area contributed by atoms with Gasteiger partial charge in [-0.2, -0.15) is 0 Å². The zero-order valence-electron chi connectivity index (χ0n) is 10.0. The molecule has 1 saturated carbocycles. The minimum atomic E-state index is 0.164. The van der Waals surface area contributed by atoms with Crippen molar-refractivity contribution in [3.63, 3.8) is 0 Å². The van der Waals surface area contributed by atoms with Crippen molar-refractivity contribution in [1.82, 2.24) is 4.90 Å². The highest BCUT2D eigenvalue weighted by Crippen LogP contribution is 2.31. The summed E-state index contributed by atoms with van der Waals surface area (Å²) in [6.07, 6.45) is 5.52. The molecule has 3 nitrogen and oxygen atoms in total. The lowest BCUT2D eigenvalue weighted by Gasteiger charge is -2.35. The molecule has 0 aromatic carbocycles. The van der Waals surface area contributed by atoms with Crippen LogP contribution in [0.1, 0.15) is 32.6 Å². The number of ether oxygens (including phenoxy) is 1. The lowest BCUT2D eigenvalue weighted by Crippen LogP contribution is -2.47. The van der Waals surface area contributed by atoms with Gasteiger partial charge in [0.2, 0.25) is 0 Å². The van der Waals surface area contributed by atoms with Crippen LogP contribution < -0.4 is 5.73 Å². The van der Waals surface area contributed by atoms with E-state index in [2.05, 4.69) is 18.9 Å². The van der Waals surface area contributed by atoms with Gasteiger partial charge in [0, 0.05) is 24.0 Å². The van der Waals surface area contributed by atoms with E-state index in [-0.39, 0.29) is 11.5 Å². The molecule has 1 aliphatic carbocycles. The Bertz CT molecular complexity index is 216. The summed E-state index contributed by atoms with van der Waals surface area (Å²) in [5.74, 6) is 0. The summed E-state index contributed by atoms with van der Waals surface area (Å²) < 4.78 is 5.48. The normalized spacial score (nSPS) is 38.0. The van der Waals surface area contributed by atoms with Gasteiger partial charge in [-0.15, -0.1) is 0 Å². The van der Waals surface area contributed by atoms with Gasteiger partial charge in [0.15, 0.2) is 0 Å². The van der Waals surface area contributed by atoms with Crippen molar-refractivity contribution in [3.8, 4) is 0 Å². The Hall–Kier alpha value is -0.120. The van der Waals surface area contributed by atoms with Gasteiger partial charge in [-0.05, 0) is 19.9 Å². The van der Waals surface area contributed by atoms with Crippen molar-refractivity contribution in [2.24, 2.45) is 11.1 Å². The molecule has 2 unspecified atom stereocenters. The van der Waals surface area contributed by atoms with Gasteiger partial charge in [0.05, 0.1) is 13.2 Å². The first kappa shape index (κ1) is 11.4. The smallest absolute Gasteiger partial charge is 0.0624 e. The van der Waals surface area contributed by atoms with E-state index in [0.717, 1.165) is 25.8 Å². The van der Waals surface area contributed by atoms with Crippen molar-refractivity contribution in [1.29, 1.82) is 0 Å². The second kappa shape index (κ2) is 4.40. The minimum Gasteiger partial charge on any atom is -0.379 e. The zero-order valence-corrected chi connectivity index (χ0v) is 10.0. The maximum atomic E-state index is 6.11. The van der Waals surface area contributed by atoms with Crippen molar-refractivity contribution in [2.75, 3.05) is 26.8 Å². The summed E-state index contributed by atoms with van der Waals surface area (Å²) >= 11 is 0. The van der Waals surface area contributed by atoms with Gasteiger partial charge >= 0.3 is 0 Å². The fourth-order valence-corrected chi connectivity index (χ4v) is 2.93. The lowest BCUT2D eigenvalue weighted by atomic mass is 9.85. The molecule has 2 rings (SSSR count). The molecule has 0 amide bonds. The Morgan fingerprint density at radius 1 is 1.40 bits per heavy atom. The van der Waals surface area contributed by atoms with Crippen molar-refractivity contribution in [2.45, 2.75) is 44.7 Å². The van der Waals surface area contributed by atoms with Crippen LogP contribution in [0.15, 0.2) is 0 Å². The first-order valence-electron chi connectivity index (χ1n) is 6.15. The first-order chi connectivity index (χ1) is 7.12. The van der Waals surface area contributed by atoms with Crippen LogP contribution in [-0.2, 0) is 4.74 Å². The molecule has 2 aliphatic rings. The van der Waals surface area contributed by atoms with Crippen LogP contribution >= 0.6 is 0 Å². The predicted molar refractivity (Wildman–Crippen MR) is 61.8 cm³/mol. The highest BCUT2D eigenvalue weighted by atomic mass is 16.5. The average Bonchev–Trinajstić information content (AvgIpc) is 2.78. The van der Waals surface area contributed by atoms with Gasteiger partial charge < -0.3 is 15.4 Å². The Kier molecular flexibility index (Phi) is 3.33. The average molecular weight is 212 g/mol.